The first-order valence-corrected chi connectivity index (χ1v) is 16.4. The van der Waals surface area contributed by atoms with E-state index in [1.807, 2.05) is 25.6 Å². The van der Waals surface area contributed by atoms with Gasteiger partial charge in [-0.05, 0) is 104 Å². The van der Waals surface area contributed by atoms with Gasteiger partial charge in [-0.25, -0.2) is 0 Å². The van der Waals surface area contributed by atoms with E-state index in [2.05, 4.69) is 147 Å². The minimum Gasteiger partial charge on any atom is -0.121 e. The van der Waals surface area contributed by atoms with Crippen LogP contribution in [0.4, 0.5) is 0 Å². The van der Waals surface area contributed by atoms with Crippen molar-refractivity contribution in [1.82, 2.24) is 0 Å². The minimum atomic E-state index is 0.986. The van der Waals surface area contributed by atoms with Crippen molar-refractivity contribution in [3.05, 3.63) is 150 Å². The Morgan fingerprint density at radius 3 is 1.70 bits per heavy atom. The zero-order chi connectivity index (χ0) is 29.8. The summed E-state index contributed by atoms with van der Waals surface area (Å²) in [5.41, 5.74) is 17.2. The fourth-order valence-corrected chi connectivity index (χ4v) is 7.45. The molecule has 0 saturated heterocycles. The van der Waals surface area contributed by atoms with E-state index in [4.69, 9.17) is 0 Å². The Morgan fingerprint density at radius 1 is 0.488 bits per heavy atom. The summed E-state index contributed by atoms with van der Waals surface area (Å²) < 4.78 is 0. The average Bonchev–Trinajstić information content (AvgIpc) is 3.09. The van der Waals surface area contributed by atoms with Crippen LogP contribution in [0, 0.1) is 6.92 Å². The van der Waals surface area contributed by atoms with Crippen LogP contribution in [0.5, 0.6) is 0 Å². The molecule has 0 N–H and O–H groups in total. The molecule has 0 nitrogen and oxygen atoms in total. The Hall–Kier alpha value is -4.33. The molecule has 7 rings (SSSR count). The summed E-state index contributed by atoms with van der Waals surface area (Å²) in [5, 5.41) is 0. The topological polar surface area (TPSA) is 0 Å². The van der Waals surface area contributed by atoms with Gasteiger partial charge in [-0.1, -0.05) is 136 Å². The van der Waals surface area contributed by atoms with Crippen LogP contribution in [0.2, 0.25) is 0 Å². The molecule has 212 valence electrons. The van der Waals surface area contributed by atoms with Gasteiger partial charge in [0.25, 0.3) is 0 Å². The molecule has 6 aromatic carbocycles. The van der Waals surface area contributed by atoms with Crippen LogP contribution in [0.1, 0.15) is 37.5 Å². The molecule has 0 atom stereocenters. The molecule has 1 heteroatoms. The molecule has 43 heavy (non-hydrogen) atoms. The van der Waals surface area contributed by atoms with Gasteiger partial charge in [0.1, 0.15) is 0 Å². The maximum Gasteiger partial charge on any atom is 0.0244 e. The van der Waals surface area contributed by atoms with Crippen LogP contribution in [0.3, 0.4) is 0 Å². The quantitative estimate of drug-likeness (QED) is 0.197. The highest BCUT2D eigenvalue weighted by Crippen LogP contribution is 2.45. The Kier molecular flexibility index (Phi) is 8.63. The van der Waals surface area contributed by atoms with E-state index in [9.17, 15) is 0 Å². The van der Waals surface area contributed by atoms with Gasteiger partial charge in [0.2, 0.25) is 0 Å². The summed E-state index contributed by atoms with van der Waals surface area (Å²) in [5.74, 6) is 0.999. The van der Waals surface area contributed by atoms with Crippen molar-refractivity contribution in [3.63, 3.8) is 0 Å². The third-order valence-electron chi connectivity index (χ3n) is 8.37. The number of hydrogen-bond acceptors (Lipinski definition) is 1. The van der Waals surface area contributed by atoms with Crippen molar-refractivity contribution in [2.45, 2.75) is 44.8 Å². The molecule has 6 aromatic rings. The van der Waals surface area contributed by atoms with Crippen LogP contribution in [0.25, 0.3) is 55.6 Å². The highest BCUT2D eigenvalue weighted by molar-refractivity contribution is 7.98. The summed E-state index contributed by atoms with van der Waals surface area (Å²) in [6.07, 6.45) is 0.986. The predicted molar refractivity (Wildman–Crippen MR) is 189 cm³/mol. The van der Waals surface area contributed by atoms with Gasteiger partial charge in [-0.15, -0.1) is 11.8 Å². The monoisotopic (exact) mass is 574 g/mol. The molecular weight excluding hydrogens is 537 g/mol. The van der Waals surface area contributed by atoms with Gasteiger partial charge < -0.3 is 0 Å². The maximum absolute atomic E-state index is 2.37. The number of hydrogen-bond donors (Lipinski definition) is 0. The third kappa shape index (κ3) is 5.58. The second-order valence-corrected chi connectivity index (χ2v) is 11.8. The first-order chi connectivity index (χ1) is 21.2. The van der Waals surface area contributed by atoms with E-state index in [0.29, 0.717) is 0 Å². The lowest BCUT2D eigenvalue weighted by Gasteiger charge is -2.22. The summed E-state index contributed by atoms with van der Waals surface area (Å²) in [4.78, 5) is 1.38. The van der Waals surface area contributed by atoms with Crippen molar-refractivity contribution in [1.29, 1.82) is 0 Å². The fraction of sp³-hybridized carbons (Fsp3) is 0.143. The Morgan fingerprint density at radius 2 is 1.00 bits per heavy atom. The molecule has 0 bridgehead atoms. The lowest BCUT2D eigenvalue weighted by Crippen LogP contribution is -1.98. The van der Waals surface area contributed by atoms with Crippen LogP contribution in [-0.4, -0.2) is 0 Å². The molecular formula is C42H38S. The lowest BCUT2D eigenvalue weighted by atomic mass is 9.87. The summed E-state index contributed by atoms with van der Waals surface area (Å²) in [6.45, 7) is 8.47. The number of thioether (sulfide) groups is 1. The molecule has 0 unspecified atom stereocenters. The predicted octanol–water partition coefficient (Wildman–Crippen LogP) is 12.5. The number of rotatable bonds is 5. The smallest absolute Gasteiger partial charge is 0.0244 e. The molecule has 0 spiro atoms. The van der Waals surface area contributed by atoms with E-state index in [1.54, 1.807) is 0 Å². The molecule has 0 radical (unpaired) electrons. The van der Waals surface area contributed by atoms with E-state index >= 15 is 0 Å². The number of aryl methyl sites for hydroxylation is 1. The van der Waals surface area contributed by atoms with Gasteiger partial charge >= 0.3 is 0 Å². The molecule has 1 aliphatic heterocycles. The van der Waals surface area contributed by atoms with Crippen LogP contribution in [-0.2, 0) is 12.2 Å². The van der Waals surface area contributed by atoms with Crippen molar-refractivity contribution < 1.29 is 0 Å². The molecule has 0 amide bonds. The summed E-state index contributed by atoms with van der Waals surface area (Å²) in [7, 11) is 0. The molecule has 0 saturated carbocycles. The Bertz CT molecular complexity index is 1890. The zero-order valence-corrected chi connectivity index (χ0v) is 26.3. The van der Waals surface area contributed by atoms with Gasteiger partial charge in [-0.3, -0.25) is 0 Å². The van der Waals surface area contributed by atoms with E-state index < -0.39 is 0 Å². The number of fused-ring (bicyclic) bond motifs is 3. The zero-order valence-electron chi connectivity index (χ0n) is 25.5. The van der Waals surface area contributed by atoms with Crippen LogP contribution in [0.15, 0.2) is 138 Å². The Labute approximate surface area is 261 Å². The van der Waals surface area contributed by atoms with Crippen molar-refractivity contribution in [2.75, 3.05) is 0 Å². The Balaban J connectivity index is 0.00000161. The first kappa shape index (κ1) is 28.8. The van der Waals surface area contributed by atoms with Gasteiger partial charge in [0, 0.05) is 10.6 Å². The van der Waals surface area contributed by atoms with E-state index in [0.717, 1.165) is 12.2 Å². The van der Waals surface area contributed by atoms with Gasteiger partial charge in [-0.2, -0.15) is 0 Å². The second kappa shape index (κ2) is 12.9. The summed E-state index contributed by atoms with van der Waals surface area (Å²) >= 11 is 1.94. The second-order valence-electron chi connectivity index (χ2n) is 10.8. The van der Waals surface area contributed by atoms with Crippen molar-refractivity contribution in [2.24, 2.45) is 0 Å². The highest BCUT2D eigenvalue weighted by Gasteiger charge is 2.19. The lowest BCUT2D eigenvalue weighted by molar-refractivity contribution is 1.14. The minimum absolute atomic E-state index is 0.986. The normalized spacial score (nSPS) is 11.6. The van der Waals surface area contributed by atoms with E-state index in [-0.39, 0.29) is 0 Å². The molecule has 0 aliphatic carbocycles. The largest absolute Gasteiger partial charge is 0.121 e. The molecule has 0 fully saturated rings. The highest BCUT2D eigenvalue weighted by atomic mass is 32.2. The average molecular weight is 575 g/mol. The van der Waals surface area contributed by atoms with E-state index in [1.165, 1.54) is 77.2 Å². The molecule has 0 aromatic heterocycles. The molecule has 1 aliphatic rings. The standard InChI is InChI=1S/C40H32S.C2H6/c1-3-32-34(19-10-21-36(32)33-17-5-4-12-27(33)2)30-15-8-13-28(24-30)29-14-9-16-31(25-29)35-20-11-22-37-38-18-6-7-23-40(38)41-26-39(35)37;1-2/h4-25H,3,26H2,1-2H3;1-2H3. The SMILES string of the molecule is CC.CCc1c(-c2cccc(-c3cccc(-c4cccc5c4CSc4ccccc4-5)c3)c2)cccc1-c1ccccc1C. The summed E-state index contributed by atoms with van der Waals surface area (Å²) in [6, 6.07) is 49.2. The fourth-order valence-electron chi connectivity index (χ4n) is 6.33. The number of benzene rings is 6. The molecule has 1 heterocycles. The van der Waals surface area contributed by atoms with Crippen LogP contribution < -0.4 is 0 Å². The van der Waals surface area contributed by atoms with Crippen LogP contribution >= 0.6 is 11.8 Å². The first-order valence-electron chi connectivity index (χ1n) is 15.4. The third-order valence-corrected chi connectivity index (χ3v) is 9.47. The van der Waals surface area contributed by atoms with Crippen molar-refractivity contribution in [3.8, 4) is 55.6 Å². The maximum atomic E-state index is 2.37. The van der Waals surface area contributed by atoms with Gasteiger partial charge in [0.15, 0.2) is 0 Å². The van der Waals surface area contributed by atoms with Gasteiger partial charge in [0.05, 0.1) is 0 Å². The van der Waals surface area contributed by atoms with Crippen molar-refractivity contribution >= 4 is 11.8 Å².